The van der Waals surface area contributed by atoms with Gasteiger partial charge in [-0.05, 0) is 19.8 Å². The van der Waals surface area contributed by atoms with Crippen molar-refractivity contribution in [1.29, 1.82) is 0 Å². The maximum atomic E-state index is 11.9. The van der Waals surface area contributed by atoms with Crippen LogP contribution in [0, 0.1) is 13.8 Å². The Kier molecular flexibility index (Phi) is 5.47. The summed E-state index contributed by atoms with van der Waals surface area (Å²) in [6.45, 7) is 8.84. The molecule has 2 aromatic rings. The quantitative estimate of drug-likeness (QED) is 0.888. The van der Waals surface area contributed by atoms with Crippen molar-refractivity contribution in [3.05, 3.63) is 31.7 Å². The molecule has 2 aromatic heterocycles. The summed E-state index contributed by atoms with van der Waals surface area (Å²) in [5.74, 6) is 0.518. The predicted octanol–water partition coefficient (Wildman–Crippen LogP) is 3.24. The molecule has 0 unspecified atom stereocenters. The predicted molar refractivity (Wildman–Crippen MR) is 88.2 cm³/mol. The zero-order chi connectivity index (χ0) is 15.4. The minimum absolute atomic E-state index is 0.0578. The van der Waals surface area contributed by atoms with Gasteiger partial charge in [-0.1, -0.05) is 13.8 Å². The van der Waals surface area contributed by atoms with Crippen molar-refractivity contribution >= 4 is 28.6 Å². The molecular formula is C15H21N3OS2. The van der Waals surface area contributed by atoms with Gasteiger partial charge in [-0.25, -0.2) is 9.97 Å². The molecule has 0 saturated heterocycles. The minimum atomic E-state index is 0.0578. The van der Waals surface area contributed by atoms with E-state index in [-0.39, 0.29) is 5.91 Å². The third kappa shape index (κ3) is 4.61. The first-order valence-electron chi connectivity index (χ1n) is 7.09. The Hall–Kier alpha value is -1.27. The summed E-state index contributed by atoms with van der Waals surface area (Å²) >= 11 is 3.27. The molecule has 1 N–H and O–H groups in total. The molecule has 0 atom stereocenters. The molecule has 114 valence electrons. The highest BCUT2D eigenvalue weighted by molar-refractivity contribution is 7.11. The number of hydrogen-bond donors (Lipinski definition) is 1. The number of aryl methyl sites for hydroxylation is 2. The monoisotopic (exact) mass is 323 g/mol. The number of aromatic nitrogens is 2. The van der Waals surface area contributed by atoms with E-state index in [1.807, 2.05) is 13.8 Å². The normalized spacial score (nSPS) is 11.1. The molecule has 1 amide bonds. The van der Waals surface area contributed by atoms with Gasteiger partial charge in [0.2, 0.25) is 5.91 Å². The average Bonchev–Trinajstić information content (AvgIpc) is 2.97. The second-order valence-corrected chi connectivity index (χ2v) is 7.57. The van der Waals surface area contributed by atoms with Crippen LogP contribution < -0.4 is 5.32 Å². The van der Waals surface area contributed by atoms with Crippen LogP contribution in [-0.2, 0) is 17.6 Å². The summed E-state index contributed by atoms with van der Waals surface area (Å²) in [7, 11) is 0. The van der Waals surface area contributed by atoms with E-state index in [4.69, 9.17) is 0 Å². The molecule has 0 aliphatic heterocycles. The van der Waals surface area contributed by atoms with Gasteiger partial charge in [-0.3, -0.25) is 4.79 Å². The molecule has 2 heterocycles. The number of carbonyl (C=O) groups is 1. The van der Waals surface area contributed by atoms with Crippen molar-refractivity contribution in [3.63, 3.8) is 0 Å². The van der Waals surface area contributed by atoms with Crippen molar-refractivity contribution in [1.82, 2.24) is 15.3 Å². The number of nitrogens with one attached hydrogen (secondary N) is 1. The van der Waals surface area contributed by atoms with Crippen molar-refractivity contribution in [2.75, 3.05) is 6.54 Å². The first-order chi connectivity index (χ1) is 9.95. The standard InChI is InChI=1S/C15H21N3OS2/c1-9(2)12-8-20-15(18-12)5-6-16-14(19)7-13-10(3)17-11(4)21-13/h8-9H,5-7H2,1-4H3,(H,16,19). The van der Waals surface area contributed by atoms with Gasteiger partial charge >= 0.3 is 0 Å². The van der Waals surface area contributed by atoms with Gasteiger partial charge in [0.25, 0.3) is 0 Å². The van der Waals surface area contributed by atoms with E-state index in [1.165, 1.54) is 0 Å². The summed E-state index contributed by atoms with van der Waals surface area (Å²) in [5.41, 5.74) is 2.10. The molecule has 0 aromatic carbocycles. The molecule has 2 rings (SSSR count). The second-order valence-electron chi connectivity index (χ2n) is 5.34. The molecule has 0 spiro atoms. The van der Waals surface area contributed by atoms with Crippen LogP contribution in [-0.4, -0.2) is 22.4 Å². The average molecular weight is 323 g/mol. The van der Waals surface area contributed by atoms with Gasteiger partial charge in [0.05, 0.1) is 27.8 Å². The SMILES string of the molecule is Cc1nc(C)c(CC(=O)NCCc2nc(C(C)C)cs2)s1. The van der Waals surface area contributed by atoms with Crippen LogP contribution in [0.5, 0.6) is 0 Å². The summed E-state index contributed by atoms with van der Waals surface area (Å²) in [6.07, 6.45) is 1.22. The zero-order valence-corrected chi connectivity index (χ0v) is 14.5. The maximum Gasteiger partial charge on any atom is 0.225 e. The van der Waals surface area contributed by atoms with Crippen molar-refractivity contribution in [3.8, 4) is 0 Å². The number of amides is 1. The van der Waals surface area contributed by atoms with E-state index in [0.717, 1.165) is 32.7 Å². The van der Waals surface area contributed by atoms with Crippen molar-refractivity contribution in [2.45, 2.75) is 46.5 Å². The van der Waals surface area contributed by atoms with Crippen LogP contribution in [0.1, 0.15) is 46.0 Å². The molecule has 0 fully saturated rings. The first kappa shape index (κ1) is 16.1. The molecule has 0 saturated carbocycles. The van der Waals surface area contributed by atoms with Crippen molar-refractivity contribution < 1.29 is 4.79 Å². The summed E-state index contributed by atoms with van der Waals surface area (Å²) in [5, 5.41) is 7.16. The molecule has 6 heteroatoms. The molecule has 0 radical (unpaired) electrons. The molecule has 21 heavy (non-hydrogen) atoms. The lowest BCUT2D eigenvalue weighted by Crippen LogP contribution is -2.27. The third-order valence-electron chi connectivity index (χ3n) is 3.14. The zero-order valence-electron chi connectivity index (χ0n) is 12.9. The fourth-order valence-corrected chi connectivity index (χ4v) is 3.86. The molecular weight excluding hydrogens is 302 g/mol. The summed E-state index contributed by atoms with van der Waals surface area (Å²) in [6, 6.07) is 0. The lowest BCUT2D eigenvalue weighted by atomic mass is 10.2. The van der Waals surface area contributed by atoms with Crippen LogP contribution in [0.4, 0.5) is 0 Å². The van der Waals surface area contributed by atoms with Crippen LogP contribution in [0.3, 0.4) is 0 Å². The Morgan fingerprint density at radius 2 is 2.10 bits per heavy atom. The topological polar surface area (TPSA) is 54.9 Å². The van der Waals surface area contributed by atoms with Crippen LogP contribution >= 0.6 is 22.7 Å². The minimum Gasteiger partial charge on any atom is -0.355 e. The van der Waals surface area contributed by atoms with Gasteiger partial charge in [0.15, 0.2) is 0 Å². The highest BCUT2D eigenvalue weighted by atomic mass is 32.1. The lowest BCUT2D eigenvalue weighted by Gasteiger charge is -2.03. The Morgan fingerprint density at radius 1 is 1.33 bits per heavy atom. The highest BCUT2D eigenvalue weighted by Crippen LogP contribution is 2.18. The number of thiazole rings is 2. The highest BCUT2D eigenvalue weighted by Gasteiger charge is 2.10. The van der Waals surface area contributed by atoms with Crippen LogP contribution in [0.2, 0.25) is 0 Å². The number of rotatable bonds is 6. The van der Waals surface area contributed by atoms with Crippen LogP contribution in [0.15, 0.2) is 5.38 Å². The van der Waals surface area contributed by atoms with Crippen LogP contribution in [0.25, 0.3) is 0 Å². The number of nitrogens with zero attached hydrogens (tertiary/aromatic N) is 2. The Morgan fingerprint density at radius 3 is 2.67 bits per heavy atom. The summed E-state index contributed by atoms with van der Waals surface area (Å²) in [4.78, 5) is 21.9. The molecule has 4 nitrogen and oxygen atoms in total. The van der Waals surface area contributed by atoms with E-state index in [1.54, 1.807) is 22.7 Å². The first-order valence-corrected chi connectivity index (χ1v) is 8.79. The molecule has 0 bridgehead atoms. The van der Waals surface area contributed by atoms with Gasteiger partial charge in [-0.15, -0.1) is 22.7 Å². The Labute approximate surface area is 133 Å². The van der Waals surface area contributed by atoms with Gasteiger partial charge in [0, 0.05) is 23.2 Å². The van der Waals surface area contributed by atoms with Gasteiger partial charge in [-0.2, -0.15) is 0 Å². The van der Waals surface area contributed by atoms with E-state index in [9.17, 15) is 4.79 Å². The smallest absolute Gasteiger partial charge is 0.225 e. The summed E-state index contributed by atoms with van der Waals surface area (Å²) < 4.78 is 0. The maximum absolute atomic E-state index is 11.9. The van der Waals surface area contributed by atoms with Gasteiger partial charge in [0.1, 0.15) is 0 Å². The van der Waals surface area contributed by atoms with E-state index in [0.29, 0.717) is 18.9 Å². The van der Waals surface area contributed by atoms with Crippen molar-refractivity contribution in [2.24, 2.45) is 0 Å². The molecule has 0 aliphatic rings. The number of hydrogen-bond acceptors (Lipinski definition) is 5. The fraction of sp³-hybridized carbons (Fsp3) is 0.533. The van der Waals surface area contributed by atoms with E-state index < -0.39 is 0 Å². The van der Waals surface area contributed by atoms with E-state index >= 15 is 0 Å². The Balaban J connectivity index is 1.77. The second kappa shape index (κ2) is 7.13. The van der Waals surface area contributed by atoms with Gasteiger partial charge < -0.3 is 5.32 Å². The largest absolute Gasteiger partial charge is 0.355 e. The third-order valence-corrected chi connectivity index (χ3v) is 5.14. The lowest BCUT2D eigenvalue weighted by molar-refractivity contribution is -0.120. The fourth-order valence-electron chi connectivity index (χ4n) is 1.96. The Bertz CT molecular complexity index is 616. The van der Waals surface area contributed by atoms with E-state index in [2.05, 4.69) is 34.5 Å². The molecule has 0 aliphatic carbocycles. The number of carbonyl (C=O) groups excluding carboxylic acids is 1.